The van der Waals surface area contributed by atoms with Gasteiger partial charge in [-0.3, -0.25) is 14.4 Å². The molecule has 0 aromatic heterocycles. The van der Waals surface area contributed by atoms with E-state index in [0.717, 1.165) is 0 Å². The van der Waals surface area contributed by atoms with Gasteiger partial charge < -0.3 is 22.9 Å². The van der Waals surface area contributed by atoms with Crippen molar-refractivity contribution < 1.29 is 14.4 Å². The van der Waals surface area contributed by atoms with Crippen LogP contribution in [0.3, 0.4) is 0 Å². The molecule has 0 aliphatic carbocycles. The Morgan fingerprint density at radius 3 is 2.21 bits per heavy atom. The lowest BCUT2D eigenvalue weighted by Crippen LogP contribution is -2.60. The monoisotopic (exact) mass is 308 g/mol. The van der Waals surface area contributed by atoms with E-state index >= 15 is 0 Å². The van der Waals surface area contributed by atoms with Crippen molar-refractivity contribution in [2.75, 3.05) is 11.5 Å². The smallest absolute Gasteiger partial charge is 0.246 e. The molecule has 0 aliphatic rings. The molecule has 0 radical (unpaired) electrons. The molecule has 0 aliphatic heterocycles. The Kier molecular flexibility index (Phi) is 8.07. The van der Waals surface area contributed by atoms with Crippen LogP contribution in [0.2, 0.25) is 0 Å². The Morgan fingerprint density at radius 2 is 1.79 bits per heavy atom. The maximum Gasteiger partial charge on any atom is 0.246 e. The van der Waals surface area contributed by atoms with Gasteiger partial charge in [-0.15, -0.1) is 0 Å². The Morgan fingerprint density at radius 1 is 1.21 bits per heavy atom. The molecule has 0 bridgehead atoms. The Hall–Kier alpha value is -0.770. The van der Waals surface area contributed by atoms with Gasteiger partial charge in [-0.1, -0.05) is 28.5 Å². The second-order valence-corrected chi connectivity index (χ2v) is 6.57. The maximum absolute atomic E-state index is 11.8. The molecule has 0 aromatic carbocycles. The molecule has 0 fully saturated rings. The summed E-state index contributed by atoms with van der Waals surface area (Å²) in [6.45, 7) is 1.81. The SMILES string of the molecule is CCCC(=O)[C@](N)(CSSC[C@H](N)C(N)=O)C(N)=O. The van der Waals surface area contributed by atoms with E-state index in [0.29, 0.717) is 6.42 Å². The molecule has 7 nitrogen and oxygen atoms in total. The summed E-state index contributed by atoms with van der Waals surface area (Å²) in [7, 11) is 2.39. The van der Waals surface area contributed by atoms with Crippen molar-refractivity contribution in [3.63, 3.8) is 0 Å². The van der Waals surface area contributed by atoms with Crippen molar-refractivity contribution in [1.29, 1.82) is 0 Å². The highest BCUT2D eigenvalue weighted by Gasteiger charge is 2.39. The molecule has 2 atom stereocenters. The van der Waals surface area contributed by atoms with Gasteiger partial charge in [0.15, 0.2) is 11.3 Å². The van der Waals surface area contributed by atoms with Gasteiger partial charge >= 0.3 is 0 Å². The summed E-state index contributed by atoms with van der Waals surface area (Å²) < 4.78 is 0. The summed E-state index contributed by atoms with van der Waals surface area (Å²) in [6.07, 6.45) is 0.793. The minimum atomic E-state index is -1.68. The van der Waals surface area contributed by atoms with Gasteiger partial charge in [0, 0.05) is 17.9 Å². The zero-order valence-electron chi connectivity index (χ0n) is 10.8. The highest BCUT2D eigenvalue weighted by Crippen LogP contribution is 2.26. The minimum absolute atomic E-state index is 0.0390. The van der Waals surface area contributed by atoms with Crippen LogP contribution in [0.15, 0.2) is 0 Å². The number of ketones is 1. The lowest BCUT2D eigenvalue weighted by atomic mass is 9.94. The lowest BCUT2D eigenvalue weighted by Gasteiger charge is -2.23. The molecule has 0 aromatic rings. The first-order valence-electron chi connectivity index (χ1n) is 5.67. The van der Waals surface area contributed by atoms with Crippen LogP contribution in [0.4, 0.5) is 0 Å². The highest BCUT2D eigenvalue weighted by molar-refractivity contribution is 8.76. The van der Waals surface area contributed by atoms with Gasteiger partial charge in [0.2, 0.25) is 11.8 Å². The molecule has 19 heavy (non-hydrogen) atoms. The van der Waals surface area contributed by atoms with Crippen molar-refractivity contribution in [2.45, 2.75) is 31.3 Å². The van der Waals surface area contributed by atoms with E-state index in [1.807, 2.05) is 6.92 Å². The van der Waals surface area contributed by atoms with Crippen molar-refractivity contribution in [3.05, 3.63) is 0 Å². The molecule has 8 N–H and O–H groups in total. The van der Waals surface area contributed by atoms with Crippen molar-refractivity contribution >= 4 is 39.2 Å². The zero-order valence-corrected chi connectivity index (χ0v) is 12.4. The van der Waals surface area contributed by atoms with Crippen LogP contribution in [0.1, 0.15) is 19.8 Å². The molecule has 0 unspecified atom stereocenters. The molecule has 0 saturated heterocycles. The zero-order chi connectivity index (χ0) is 15.1. The second-order valence-electron chi connectivity index (χ2n) is 4.06. The Balaban J connectivity index is 4.34. The van der Waals surface area contributed by atoms with E-state index in [9.17, 15) is 14.4 Å². The minimum Gasteiger partial charge on any atom is -0.368 e. The van der Waals surface area contributed by atoms with Crippen LogP contribution >= 0.6 is 21.6 Å². The molecule has 2 amide bonds. The number of rotatable bonds is 10. The fourth-order valence-corrected chi connectivity index (χ4v) is 3.59. The molecule has 0 rings (SSSR count). The van der Waals surface area contributed by atoms with Crippen molar-refractivity contribution in [1.82, 2.24) is 0 Å². The van der Waals surface area contributed by atoms with Crippen LogP contribution in [0.25, 0.3) is 0 Å². The number of amides is 2. The molecular weight excluding hydrogens is 288 g/mol. The maximum atomic E-state index is 11.8. The van der Waals surface area contributed by atoms with Crippen LogP contribution in [0, 0.1) is 0 Å². The largest absolute Gasteiger partial charge is 0.368 e. The first kappa shape index (κ1) is 18.2. The van der Waals surface area contributed by atoms with Crippen LogP contribution in [-0.2, 0) is 14.4 Å². The standard InChI is InChI=1S/C10H20N4O3S2/c1-2-3-7(15)10(14,9(13)17)5-19-18-4-6(11)8(12)16/h6H,2-5,11,14H2,1H3,(H2,12,16)(H2,13,17)/t6-,10+/m0/s1. The molecule has 110 valence electrons. The third kappa shape index (κ3) is 5.81. The Labute approximate surface area is 120 Å². The third-order valence-corrected chi connectivity index (χ3v) is 4.89. The molecule has 0 spiro atoms. The second kappa shape index (κ2) is 8.41. The normalized spacial score (nSPS) is 15.5. The summed E-state index contributed by atoms with van der Waals surface area (Å²) in [5.41, 5.74) is 19.7. The lowest BCUT2D eigenvalue weighted by molar-refractivity contribution is -0.133. The number of nitrogens with two attached hydrogens (primary N) is 4. The predicted molar refractivity (Wildman–Crippen MR) is 78.1 cm³/mol. The topological polar surface area (TPSA) is 155 Å². The number of Topliss-reactive ketones (excluding diaryl/α,β-unsaturated/α-hetero) is 1. The summed E-state index contributed by atoms with van der Waals surface area (Å²) >= 11 is 0. The van der Waals surface area contributed by atoms with Crippen LogP contribution in [0.5, 0.6) is 0 Å². The number of carbonyl (C=O) groups is 3. The van der Waals surface area contributed by atoms with Crippen molar-refractivity contribution in [3.8, 4) is 0 Å². The highest BCUT2D eigenvalue weighted by atomic mass is 33.1. The van der Waals surface area contributed by atoms with E-state index < -0.39 is 23.4 Å². The summed E-state index contributed by atoms with van der Waals surface area (Å²) in [5.74, 6) is -1.52. The molecule has 0 saturated carbocycles. The fraction of sp³-hybridized carbons (Fsp3) is 0.700. The van der Waals surface area contributed by atoms with E-state index in [2.05, 4.69) is 0 Å². The van der Waals surface area contributed by atoms with E-state index in [1.54, 1.807) is 0 Å². The summed E-state index contributed by atoms with van der Waals surface area (Å²) in [4.78, 5) is 33.8. The van der Waals surface area contributed by atoms with Gasteiger partial charge in [-0.05, 0) is 6.42 Å². The molecule has 9 heteroatoms. The van der Waals surface area contributed by atoms with Gasteiger partial charge in [0.05, 0.1) is 6.04 Å². The fourth-order valence-electron chi connectivity index (χ4n) is 1.08. The summed E-state index contributed by atoms with van der Waals surface area (Å²) in [6, 6.07) is -0.774. The van der Waals surface area contributed by atoms with Crippen LogP contribution in [-0.4, -0.2) is 40.7 Å². The Bertz CT molecular complexity index is 354. The summed E-state index contributed by atoms with van der Waals surface area (Å²) in [5, 5.41) is 0. The van der Waals surface area contributed by atoms with E-state index in [4.69, 9.17) is 22.9 Å². The number of primary amides is 2. The van der Waals surface area contributed by atoms with Gasteiger partial charge in [0.25, 0.3) is 0 Å². The molecular formula is C10H20N4O3S2. The number of hydrogen-bond acceptors (Lipinski definition) is 7. The van der Waals surface area contributed by atoms with Gasteiger partial charge in [-0.25, -0.2) is 0 Å². The van der Waals surface area contributed by atoms with Gasteiger partial charge in [0.1, 0.15) is 0 Å². The first-order chi connectivity index (χ1) is 8.75. The average Bonchev–Trinajstić information content (AvgIpc) is 2.33. The van der Waals surface area contributed by atoms with Crippen molar-refractivity contribution in [2.24, 2.45) is 22.9 Å². The number of hydrogen-bond donors (Lipinski definition) is 4. The quantitative estimate of drug-likeness (QED) is 0.223. The van der Waals surface area contributed by atoms with Gasteiger partial charge in [-0.2, -0.15) is 0 Å². The third-order valence-electron chi connectivity index (χ3n) is 2.40. The van der Waals surface area contributed by atoms with E-state index in [-0.39, 0.29) is 23.7 Å². The van der Waals surface area contributed by atoms with E-state index in [1.165, 1.54) is 21.6 Å². The average molecular weight is 308 g/mol. The predicted octanol–water partition coefficient (Wildman–Crippen LogP) is -1.27. The first-order valence-corrected chi connectivity index (χ1v) is 8.15. The number of carbonyl (C=O) groups excluding carboxylic acids is 3. The molecule has 0 heterocycles. The van der Waals surface area contributed by atoms with Crippen LogP contribution < -0.4 is 22.9 Å².